The number of rotatable bonds is 7. The lowest BCUT2D eigenvalue weighted by molar-refractivity contribution is 0.101. The van der Waals surface area contributed by atoms with Crippen LogP contribution in [0.5, 0.6) is 0 Å². The molecule has 19 heavy (non-hydrogen) atoms. The molecule has 0 spiro atoms. The quantitative estimate of drug-likeness (QED) is 0.584. The number of nitrogens with one attached hydrogen (secondary N) is 1. The molecule has 0 bridgehead atoms. The largest absolute Gasteiger partial charge is 0.378 e. The van der Waals surface area contributed by atoms with Crippen LogP contribution in [0.1, 0.15) is 56.5 Å². The molecule has 0 radical (unpaired) electrons. The second kappa shape index (κ2) is 7.03. The second-order valence-corrected chi connectivity index (χ2v) is 5.32. The molecule has 0 amide bonds. The molecule has 1 saturated heterocycles. The van der Waals surface area contributed by atoms with Crippen LogP contribution < -0.4 is 11.3 Å². The fourth-order valence-corrected chi connectivity index (χ4v) is 2.78. The summed E-state index contributed by atoms with van der Waals surface area (Å²) in [6.07, 6.45) is 7.15. The molecule has 1 aliphatic heterocycles. The lowest BCUT2D eigenvalue weighted by Crippen LogP contribution is -2.29. The van der Waals surface area contributed by atoms with E-state index >= 15 is 0 Å². The van der Waals surface area contributed by atoms with E-state index in [4.69, 9.17) is 10.6 Å². The molecule has 0 aromatic carbocycles. The maximum atomic E-state index is 5.70. The van der Waals surface area contributed by atoms with E-state index in [0.717, 1.165) is 38.0 Å². The molecular weight excluding hydrogens is 240 g/mol. The van der Waals surface area contributed by atoms with Crippen molar-refractivity contribution >= 4 is 0 Å². The van der Waals surface area contributed by atoms with Crippen molar-refractivity contribution in [2.24, 2.45) is 12.9 Å². The number of aryl methyl sites for hydroxylation is 2. The number of hydrogen-bond acceptors (Lipinski definition) is 4. The monoisotopic (exact) mass is 266 g/mol. The van der Waals surface area contributed by atoms with Gasteiger partial charge in [0.25, 0.3) is 0 Å². The summed E-state index contributed by atoms with van der Waals surface area (Å²) in [4.78, 5) is 0. The van der Waals surface area contributed by atoms with E-state index in [1.165, 1.54) is 18.5 Å². The molecule has 3 N–H and O–H groups in total. The number of nitrogens with two attached hydrogens (primary N) is 1. The van der Waals surface area contributed by atoms with Crippen LogP contribution in [0.4, 0.5) is 0 Å². The summed E-state index contributed by atoms with van der Waals surface area (Å²) in [5, 5.41) is 4.48. The van der Waals surface area contributed by atoms with Crippen molar-refractivity contribution in [2.75, 3.05) is 6.61 Å². The van der Waals surface area contributed by atoms with Gasteiger partial charge in [-0.1, -0.05) is 6.92 Å². The van der Waals surface area contributed by atoms with Crippen LogP contribution in [0, 0.1) is 0 Å². The number of hydrazine groups is 1. The number of hydrogen-bond donors (Lipinski definition) is 2. The fraction of sp³-hybridized carbons (Fsp3) is 0.786. The van der Waals surface area contributed by atoms with Crippen molar-refractivity contribution in [3.05, 3.63) is 17.5 Å². The zero-order valence-electron chi connectivity index (χ0n) is 12.1. The Morgan fingerprint density at radius 3 is 3.05 bits per heavy atom. The molecule has 1 aromatic heterocycles. The van der Waals surface area contributed by atoms with Gasteiger partial charge in [-0.25, -0.2) is 0 Å². The normalized spacial score (nSPS) is 20.9. The minimum absolute atomic E-state index is 0.180. The summed E-state index contributed by atoms with van der Waals surface area (Å²) in [5.74, 6) is 5.70. The minimum Gasteiger partial charge on any atom is -0.378 e. The van der Waals surface area contributed by atoms with Gasteiger partial charge in [-0.3, -0.25) is 16.0 Å². The number of aromatic nitrogens is 2. The summed E-state index contributed by atoms with van der Waals surface area (Å²) in [7, 11) is 1.99. The molecule has 1 fully saturated rings. The van der Waals surface area contributed by atoms with E-state index in [2.05, 4.69) is 23.5 Å². The molecule has 2 unspecified atom stereocenters. The van der Waals surface area contributed by atoms with Crippen molar-refractivity contribution in [1.82, 2.24) is 15.2 Å². The van der Waals surface area contributed by atoms with Crippen LogP contribution in [0.2, 0.25) is 0 Å². The van der Waals surface area contributed by atoms with Crippen LogP contribution in [0.3, 0.4) is 0 Å². The van der Waals surface area contributed by atoms with Crippen LogP contribution in [0.25, 0.3) is 0 Å². The third-order valence-corrected chi connectivity index (χ3v) is 3.93. The predicted molar refractivity (Wildman–Crippen MR) is 75.5 cm³/mol. The molecule has 0 aliphatic carbocycles. The van der Waals surface area contributed by atoms with Crippen LogP contribution in [0.15, 0.2) is 6.07 Å². The first-order chi connectivity index (χ1) is 9.24. The summed E-state index contributed by atoms with van der Waals surface area (Å²) in [6.45, 7) is 3.05. The van der Waals surface area contributed by atoms with E-state index in [1.807, 2.05) is 11.7 Å². The Hall–Kier alpha value is -0.910. The summed E-state index contributed by atoms with van der Waals surface area (Å²) in [5.41, 5.74) is 5.22. The van der Waals surface area contributed by atoms with Crippen LogP contribution in [-0.2, 0) is 18.2 Å². The highest BCUT2D eigenvalue weighted by atomic mass is 16.5. The van der Waals surface area contributed by atoms with E-state index in [0.29, 0.717) is 6.10 Å². The van der Waals surface area contributed by atoms with Crippen molar-refractivity contribution in [1.29, 1.82) is 0 Å². The highest BCUT2D eigenvalue weighted by Crippen LogP contribution is 2.23. The first-order valence-corrected chi connectivity index (χ1v) is 7.35. The maximum Gasteiger partial charge on any atom is 0.0629 e. The molecule has 2 atom stereocenters. The van der Waals surface area contributed by atoms with E-state index in [1.54, 1.807) is 0 Å². The molecule has 1 aliphatic rings. The number of nitrogens with zero attached hydrogens (tertiary/aromatic N) is 2. The molecule has 1 aromatic rings. The molecule has 2 heterocycles. The first-order valence-electron chi connectivity index (χ1n) is 7.35. The van der Waals surface area contributed by atoms with Gasteiger partial charge >= 0.3 is 0 Å². The van der Waals surface area contributed by atoms with Gasteiger partial charge in [-0.05, 0) is 44.6 Å². The summed E-state index contributed by atoms with van der Waals surface area (Å²) in [6, 6.07) is 2.33. The van der Waals surface area contributed by atoms with Crippen molar-refractivity contribution in [3.8, 4) is 0 Å². The third kappa shape index (κ3) is 3.78. The molecule has 5 nitrogen and oxygen atoms in total. The SMILES string of the molecule is CCc1cc(C(CCCC2CCCO2)NN)n(C)n1. The predicted octanol–water partition coefficient (Wildman–Crippen LogP) is 1.84. The lowest BCUT2D eigenvalue weighted by Gasteiger charge is -2.17. The highest BCUT2D eigenvalue weighted by molar-refractivity contribution is 5.14. The highest BCUT2D eigenvalue weighted by Gasteiger charge is 2.18. The summed E-state index contributed by atoms with van der Waals surface area (Å²) >= 11 is 0. The topological polar surface area (TPSA) is 65.1 Å². The fourth-order valence-electron chi connectivity index (χ4n) is 2.78. The van der Waals surface area contributed by atoms with E-state index in [-0.39, 0.29) is 6.04 Å². The Balaban J connectivity index is 1.86. The van der Waals surface area contributed by atoms with Gasteiger partial charge in [-0.2, -0.15) is 5.10 Å². The van der Waals surface area contributed by atoms with Gasteiger partial charge in [0, 0.05) is 13.7 Å². The van der Waals surface area contributed by atoms with E-state index in [9.17, 15) is 0 Å². The lowest BCUT2D eigenvalue weighted by atomic mass is 10.0. The van der Waals surface area contributed by atoms with Crippen LogP contribution >= 0.6 is 0 Å². The van der Waals surface area contributed by atoms with Gasteiger partial charge in [-0.15, -0.1) is 0 Å². The zero-order chi connectivity index (χ0) is 13.7. The summed E-state index contributed by atoms with van der Waals surface area (Å²) < 4.78 is 7.59. The van der Waals surface area contributed by atoms with Crippen molar-refractivity contribution in [3.63, 3.8) is 0 Å². The van der Waals surface area contributed by atoms with Crippen molar-refractivity contribution < 1.29 is 4.74 Å². The van der Waals surface area contributed by atoms with Gasteiger partial charge in [0.2, 0.25) is 0 Å². The van der Waals surface area contributed by atoms with Gasteiger partial charge < -0.3 is 4.74 Å². The van der Waals surface area contributed by atoms with Gasteiger partial charge in [0.05, 0.1) is 23.5 Å². The third-order valence-electron chi connectivity index (χ3n) is 3.93. The van der Waals surface area contributed by atoms with Gasteiger partial charge in [0.1, 0.15) is 0 Å². The molecule has 0 saturated carbocycles. The number of ether oxygens (including phenoxy) is 1. The molecular formula is C14H26N4O. The Bertz CT molecular complexity index is 385. The van der Waals surface area contributed by atoms with Crippen molar-refractivity contribution in [2.45, 2.75) is 57.6 Å². The van der Waals surface area contributed by atoms with Crippen LogP contribution in [-0.4, -0.2) is 22.5 Å². The van der Waals surface area contributed by atoms with E-state index < -0.39 is 0 Å². The first kappa shape index (κ1) is 14.5. The smallest absolute Gasteiger partial charge is 0.0629 e. The Kier molecular flexibility index (Phi) is 5.36. The average Bonchev–Trinajstić information content (AvgIpc) is 3.04. The molecule has 108 valence electrons. The minimum atomic E-state index is 0.180. The van der Waals surface area contributed by atoms with Gasteiger partial charge in [0.15, 0.2) is 0 Å². The molecule has 5 heteroatoms. The average molecular weight is 266 g/mol. The Labute approximate surface area is 115 Å². The Morgan fingerprint density at radius 2 is 2.47 bits per heavy atom. The standard InChI is InChI=1S/C14H26N4O/c1-3-11-10-14(18(2)17-11)13(16-15)8-4-6-12-7-5-9-19-12/h10,12-13,16H,3-9,15H2,1-2H3. The Morgan fingerprint density at radius 1 is 1.63 bits per heavy atom. The zero-order valence-corrected chi connectivity index (χ0v) is 12.1. The second-order valence-electron chi connectivity index (χ2n) is 5.32. The molecule has 2 rings (SSSR count). The maximum absolute atomic E-state index is 5.70.